The minimum atomic E-state index is -3.32. The first-order valence-electron chi connectivity index (χ1n) is 11.6. The van der Waals surface area contributed by atoms with Gasteiger partial charge in [-0.05, 0) is 30.7 Å². The average Bonchev–Trinajstić information content (AvgIpc) is 3.30. The van der Waals surface area contributed by atoms with E-state index >= 15 is 0 Å². The Balaban J connectivity index is 1.51. The van der Waals surface area contributed by atoms with E-state index in [1.54, 1.807) is 4.31 Å². The quantitative estimate of drug-likeness (QED) is 0.733. The van der Waals surface area contributed by atoms with Crippen molar-refractivity contribution in [2.75, 3.05) is 13.1 Å². The van der Waals surface area contributed by atoms with Crippen LogP contribution < -0.4 is 0 Å². The van der Waals surface area contributed by atoms with Gasteiger partial charge in [0.1, 0.15) is 0 Å². The van der Waals surface area contributed by atoms with Crippen LogP contribution in [0.4, 0.5) is 0 Å². The van der Waals surface area contributed by atoms with Crippen molar-refractivity contribution in [2.24, 2.45) is 11.8 Å². The van der Waals surface area contributed by atoms with Gasteiger partial charge in [0.15, 0.2) is 0 Å². The van der Waals surface area contributed by atoms with E-state index in [0.29, 0.717) is 24.7 Å². The van der Waals surface area contributed by atoms with Crippen molar-refractivity contribution >= 4 is 26.9 Å². The molecular weight excluding hydrogens is 414 g/mol. The van der Waals surface area contributed by atoms with Crippen molar-refractivity contribution in [1.29, 1.82) is 0 Å². The van der Waals surface area contributed by atoms with Crippen LogP contribution in [0.2, 0.25) is 0 Å². The fourth-order valence-electron chi connectivity index (χ4n) is 5.83. The molecule has 0 spiro atoms. The van der Waals surface area contributed by atoms with Crippen molar-refractivity contribution < 1.29 is 18.3 Å². The van der Waals surface area contributed by atoms with Gasteiger partial charge < -0.3 is 5.11 Å². The van der Waals surface area contributed by atoms with Crippen LogP contribution in [0.3, 0.4) is 0 Å². The molecule has 5 rings (SSSR count). The maximum absolute atomic E-state index is 13.5. The standard InChI is InChI=1S/C23H31N3O4S/c27-23(28)13-20-18-11-4-5-12-21(18)26(24-20)22-15-25(14-19(22)16-7-6-8-16)31(29,30)17-9-2-1-3-10-17/h4-5,11-12,16-17,19,22H,1-3,6-10,13-15H2,(H,27,28)/t19?,22-/m0/s1. The molecule has 0 bridgehead atoms. The number of carboxylic acids is 1. The van der Waals surface area contributed by atoms with Crippen molar-refractivity contribution in [1.82, 2.24) is 14.1 Å². The second-order valence-corrected chi connectivity index (χ2v) is 11.7. The number of rotatable bonds is 6. The van der Waals surface area contributed by atoms with Crippen LogP contribution in [-0.4, -0.2) is 51.9 Å². The summed E-state index contributed by atoms with van der Waals surface area (Å²) in [6.07, 6.45) is 8.01. The highest BCUT2D eigenvalue weighted by Gasteiger charge is 2.47. The Kier molecular flexibility index (Phi) is 5.54. The number of carboxylic acid groups (broad SMARTS) is 1. The lowest BCUT2D eigenvalue weighted by Crippen LogP contribution is -2.39. The van der Waals surface area contributed by atoms with Gasteiger partial charge in [0.05, 0.1) is 28.9 Å². The number of fused-ring (bicyclic) bond motifs is 1. The number of aromatic nitrogens is 2. The van der Waals surface area contributed by atoms with Crippen molar-refractivity contribution in [3.8, 4) is 0 Å². The van der Waals surface area contributed by atoms with E-state index in [1.807, 2.05) is 28.9 Å². The summed E-state index contributed by atoms with van der Waals surface area (Å²) in [6, 6.07) is 7.69. The fraction of sp³-hybridized carbons (Fsp3) is 0.652. The first-order valence-corrected chi connectivity index (χ1v) is 13.1. The molecular formula is C23H31N3O4S. The van der Waals surface area contributed by atoms with Gasteiger partial charge in [-0.15, -0.1) is 0 Å². The van der Waals surface area contributed by atoms with Gasteiger partial charge in [-0.25, -0.2) is 8.42 Å². The van der Waals surface area contributed by atoms with Crippen molar-refractivity contribution in [2.45, 2.75) is 69.1 Å². The smallest absolute Gasteiger partial charge is 0.309 e. The Morgan fingerprint density at radius 1 is 1.03 bits per heavy atom. The molecule has 1 saturated heterocycles. The summed E-state index contributed by atoms with van der Waals surface area (Å²) >= 11 is 0. The van der Waals surface area contributed by atoms with E-state index in [-0.39, 0.29) is 23.6 Å². The van der Waals surface area contributed by atoms with E-state index in [1.165, 1.54) is 6.42 Å². The normalized spacial score (nSPS) is 26.3. The molecule has 168 valence electrons. The highest BCUT2D eigenvalue weighted by Crippen LogP contribution is 2.45. The second kappa shape index (κ2) is 8.20. The SMILES string of the molecule is O=C(O)Cc1nn([C@H]2CN(S(=O)(=O)C3CCCCC3)CC2C2CCC2)c2ccccc12. The summed E-state index contributed by atoms with van der Waals surface area (Å²) in [6.45, 7) is 1.01. The molecule has 1 aliphatic heterocycles. The number of carbonyl (C=O) groups is 1. The molecule has 2 aliphatic carbocycles. The fourth-order valence-corrected chi connectivity index (χ4v) is 7.92. The zero-order valence-corrected chi connectivity index (χ0v) is 18.6. The minimum absolute atomic E-state index is 0.0453. The molecule has 2 heterocycles. The Labute approximate surface area is 183 Å². The lowest BCUT2D eigenvalue weighted by molar-refractivity contribution is -0.136. The third-order valence-electron chi connectivity index (χ3n) is 7.71. The third kappa shape index (κ3) is 3.78. The van der Waals surface area contributed by atoms with E-state index in [4.69, 9.17) is 5.10 Å². The zero-order valence-electron chi connectivity index (χ0n) is 17.8. The number of aliphatic carboxylic acids is 1. The van der Waals surface area contributed by atoms with Crippen LogP contribution in [0.15, 0.2) is 24.3 Å². The van der Waals surface area contributed by atoms with Gasteiger partial charge in [0.2, 0.25) is 10.0 Å². The largest absolute Gasteiger partial charge is 0.481 e. The molecule has 1 N–H and O–H groups in total. The average molecular weight is 446 g/mol. The summed E-state index contributed by atoms with van der Waals surface area (Å²) in [5, 5.41) is 14.7. The van der Waals surface area contributed by atoms with Crippen LogP contribution in [0, 0.1) is 11.8 Å². The predicted molar refractivity (Wildman–Crippen MR) is 118 cm³/mol. The number of nitrogens with zero attached hydrogens (tertiary/aromatic N) is 3. The number of hydrogen-bond acceptors (Lipinski definition) is 4. The van der Waals surface area contributed by atoms with Gasteiger partial charge in [-0.3, -0.25) is 9.48 Å². The maximum Gasteiger partial charge on any atom is 0.309 e. The van der Waals surface area contributed by atoms with E-state index in [0.717, 1.165) is 55.8 Å². The number of para-hydroxylation sites is 1. The molecule has 2 atom stereocenters. The highest BCUT2D eigenvalue weighted by atomic mass is 32.2. The molecule has 8 heteroatoms. The Morgan fingerprint density at radius 2 is 1.77 bits per heavy atom. The summed E-state index contributed by atoms with van der Waals surface area (Å²) < 4.78 is 30.6. The number of sulfonamides is 1. The van der Waals surface area contributed by atoms with E-state index in [2.05, 4.69) is 0 Å². The van der Waals surface area contributed by atoms with E-state index < -0.39 is 16.0 Å². The molecule has 0 radical (unpaired) electrons. The summed E-state index contributed by atoms with van der Waals surface area (Å²) in [4.78, 5) is 11.4. The van der Waals surface area contributed by atoms with Crippen molar-refractivity contribution in [3.63, 3.8) is 0 Å². The molecule has 2 saturated carbocycles. The van der Waals surface area contributed by atoms with Crippen LogP contribution in [0.5, 0.6) is 0 Å². The molecule has 1 aromatic carbocycles. The van der Waals surface area contributed by atoms with Gasteiger partial charge in [-0.2, -0.15) is 9.40 Å². The van der Waals surface area contributed by atoms with Crippen LogP contribution in [-0.2, 0) is 21.2 Å². The second-order valence-electron chi connectivity index (χ2n) is 9.52. The Hall–Kier alpha value is -1.93. The molecule has 1 unspecified atom stereocenters. The zero-order chi connectivity index (χ0) is 21.6. The first-order chi connectivity index (χ1) is 14.9. The molecule has 1 aromatic heterocycles. The Bertz CT molecular complexity index is 1070. The van der Waals surface area contributed by atoms with Gasteiger partial charge in [0, 0.05) is 18.5 Å². The minimum Gasteiger partial charge on any atom is -0.481 e. The Morgan fingerprint density at radius 3 is 2.45 bits per heavy atom. The topological polar surface area (TPSA) is 92.5 Å². The predicted octanol–water partition coefficient (Wildman–Crippen LogP) is 3.60. The molecule has 3 fully saturated rings. The molecule has 3 aliphatic rings. The molecule has 2 aromatic rings. The van der Waals surface area contributed by atoms with Crippen LogP contribution in [0.25, 0.3) is 10.9 Å². The highest BCUT2D eigenvalue weighted by molar-refractivity contribution is 7.89. The monoisotopic (exact) mass is 445 g/mol. The summed E-state index contributed by atoms with van der Waals surface area (Å²) in [7, 11) is -3.32. The van der Waals surface area contributed by atoms with Gasteiger partial charge >= 0.3 is 5.97 Å². The molecule has 0 amide bonds. The molecule has 31 heavy (non-hydrogen) atoms. The first kappa shape index (κ1) is 20.9. The summed E-state index contributed by atoms with van der Waals surface area (Å²) in [5.41, 5.74) is 1.47. The van der Waals surface area contributed by atoms with E-state index in [9.17, 15) is 18.3 Å². The van der Waals surface area contributed by atoms with Crippen LogP contribution >= 0.6 is 0 Å². The third-order valence-corrected chi connectivity index (χ3v) is 10.0. The molecule has 7 nitrogen and oxygen atoms in total. The summed E-state index contributed by atoms with van der Waals surface area (Å²) in [5.74, 6) is -0.158. The van der Waals surface area contributed by atoms with Crippen LogP contribution in [0.1, 0.15) is 63.1 Å². The lowest BCUT2D eigenvalue weighted by Gasteiger charge is -2.34. The van der Waals surface area contributed by atoms with Crippen molar-refractivity contribution in [3.05, 3.63) is 30.0 Å². The maximum atomic E-state index is 13.5. The number of benzene rings is 1. The van der Waals surface area contributed by atoms with Gasteiger partial charge in [-0.1, -0.05) is 56.7 Å². The number of hydrogen-bond donors (Lipinski definition) is 1. The lowest BCUT2D eigenvalue weighted by atomic mass is 9.74. The van der Waals surface area contributed by atoms with Gasteiger partial charge in [0.25, 0.3) is 0 Å².